The minimum Gasteiger partial charge on any atom is -0.442 e. The van der Waals surface area contributed by atoms with E-state index in [1.165, 1.54) is 5.06 Å². The van der Waals surface area contributed by atoms with Crippen molar-refractivity contribution >= 4 is 20.7 Å². The van der Waals surface area contributed by atoms with Crippen LogP contribution < -0.4 is 0 Å². The van der Waals surface area contributed by atoms with Crippen molar-refractivity contribution in [3.63, 3.8) is 0 Å². The lowest BCUT2D eigenvalue weighted by Crippen LogP contribution is -2.53. The van der Waals surface area contributed by atoms with Gasteiger partial charge in [0.2, 0.25) is 8.32 Å². The number of aldehydes is 1. The lowest BCUT2D eigenvalue weighted by Gasteiger charge is -2.42. The van der Waals surface area contributed by atoms with Gasteiger partial charge in [-0.2, -0.15) is 5.06 Å². The Balaban J connectivity index is 5.51. The topological polar surface area (TPSA) is 55.8 Å². The molecule has 0 aromatic heterocycles. The van der Waals surface area contributed by atoms with Gasteiger partial charge in [-0.05, 0) is 45.3 Å². The highest BCUT2D eigenvalue weighted by atomic mass is 28.4. The number of amides is 1. The second-order valence-corrected chi connectivity index (χ2v) is 13.2. The molecule has 0 rings (SSSR count). The van der Waals surface area contributed by atoms with Gasteiger partial charge in [0.25, 0.3) is 0 Å². The third-order valence-corrected chi connectivity index (χ3v) is 8.29. The molecule has 0 spiro atoms. The van der Waals surface area contributed by atoms with Crippen LogP contribution >= 0.6 is 0 Å². The maximum atomic E-state index is 12.6. The number of hydroxylamine groups is 2. The molecule has 0 unspecified atom stereocenters. The molecule has 6 heteroatoms. The Morgan fingerprint density at radius 3 is 2.04 bits per heavy atom. The van der Waals surface area contributed by atoms with Crippen molar-refractivity contribution in [3.8, 4) is 0 Å². The summed E-state index contributed by atoms with van der Waals surface area (Å²) in [5, 5.41) is 1.28. The van der Waals surface area contributed by atoms with Crippen molar-refractivity contribution in [2.75, 3.05) is 0 Å². The van der Waals surface area contributed by atoms with Crippen LogP contribution in [0.25, 0.3) is 0 Å². The number of ether oxygens (including phenoxy) is 1. The number of nitrogens with zero attached hydrogens (tertiary/aromatic N) is 1. The summed E-state index contributed by atoms with van der Waals surface area (Å²) in [5.74, 6) is 0. The van der Waals surface area contributed by atoms with Crippen LogP contribution in [0.5, 0.6) is 0 Å². The summed E-state index contributed by atoms with van der Waals surface area (Å²) in [6, 6.07) is -0.290. The lowest BCUT2D eigenvalue weighted by molar-refractivity contribution is -0.121. The third-order valence-electron chi connectivity index (χ3n) is 4.03. The normalized spacial score (nSPS) is 14.3. The van der Waals surface area contributed by atoms with Crippen molar-refractivity contribution in [1.82, 2.24) is 5.06 Å². The fourth-order valence-electron chi connectivity index (χ4n) is 1.73. The maximum absolute atomic E-state index is 12.6. The van der Waals surface area contributed by atoms with Gasteiger partial charge in [-0.3, -0.25) is 0 Å². The molecule has 136 valence electrons. The van der Waals surface area contributed by atoms with Crippen LogP contribution in [0.2, 0.25) is 18.1 Å². The lowest BCUT2D eigenvalue weighted by atomic mass is 10.1. The summed E-state index contributed by atoms with van der Waals surface area (Å²) < 4.78 is 11.7. The smallest absolute Gasteiger partial charge is 0.433 e. The van der Waals surface area contributed by atoms with Gasteiger partial charge in [0, 0.05) is 6.42 Å². The zero-order valence-corrected chi connectivity index (χ0v) is 17.4. The van der Waals surface area contributed by atoms with Crippen molar-refractivity contribution in [2.24, 2.45) is 0 Å². The molecule has 0 aromatic carbocycles. The first kappa shape index (κ1) is 22.1. The van der Waals surface area contributed by atoms with E-state index in [1.807, 2.05) is 27.7 Å². The number of rotatable bonds is 7. The molecular weight excluding hydrogens is 310 g/mol. The van der Waals surface area contributed by atoms with Gasteiger partial charge in [-0.15, -0.1) is 0 Å². The first-order valence-corrected chi connectivity index (χ1v) is 11.3. The van der Waals surface area contributed by atoms with Crippen LogP contribution in [0, 0.1) is 0 Å². The first-order valence-electron chi connectivity index (χ1n) is 8.40. The summed E-state index contributed by atoms with van der Waals surface area (Å²) in [6.45, 7) is 18.0. The molecule has 0 N–H and O–H groups in total. The standard InChI is InChI=1S/C17H35NO4Si/c1-10-11-14(12-13-19)18(15(20)21-16(2,3)4)22-23(8,9)17(5,6)7/h13-14H,10-12H2,1-9H3/t14-/m0/s1. The van der Waals surface area contributed by atoms with Crippen molar-refractivity contribution < 1.29 is 18.9 Å². The van der Waals surface area contributed by atoms with Crippen LogP contribution in [0.15, 0.2) is 0 Å². The molecule has 0 aliphatic rings. The first-order chi connectivity index (χ1) is 10.2. The highest BCUT2D eigenvalue weighted by Gasteiger charge is 2.43. The van der Waals surface area contributed by atoms with Gasteiger partial charge in [0.15, 0.2) is 0 Å². The number of hydrogen-bond donors (Lipinski definition) is 0. The van der Waals surface area contributed by atoms with Crippen LogP contribution in [-0.4, -0.2) is 37.4 Å². The monoisotopic (exact) mass is 345 g/mol. The molecule has 0 bridgehead atoms. The Hall–Kier alpha value is -0.883. The van der Waals surface area contributed by atoms with Gasteiger partial charge >= 0.3 is 6.09 Å². The molecule has 5 nitrogen and oxygen atoms in total. The molecular formula is C17H35NO4Si. The Labute approximate surface area is 142 Å². The molecule has 0 aliphatic carbocycles. The highest BCUT2D eigenvalue weighted by molar-refractivity contribution is 6.74. The van der Waals surface area contributed by atoms with E-state index in [0.717, 1.165) is 12.7 Å². The van der Waals surface area contributed by atoms with E-state index in [1.54, 1.807) is 0 Å². The zero-order chi connectivity index (χ0) is 18.5. The summed E-state index contributed by atoms with van der Waals surface area (Å²) >= 11 is 0. The van der Waals surface area contributed by atoms with E-state index in [9.17, 15) is 9.59 Å². The molecule has 0 saturated carbocycles. The van der Waals surface area contributed by atoms with Crippen LogP contribution in [0.4, 0.5) is 4.79 Å². The van der Waals surface area contributed by atoms with E-state index in [4.69, 9.17) is 9.26 Å². The maximum Gasteiger partial charge on any atom is 0.433 e. The average molecular weight is 346 g/mol. The van der Waals surface area contributed by atoms with Gasteiger partial charge in [0.1, 0.15) is 11.9 Å². The summed E-state index contributed by atoms with van der Waals surface area (Å²) in [5.41, 5.74) is -0.607. The molecule has 0 aliphatic heterocycles. The van der Waals surface area contributed by atoms with Crippen molar-refractivity contribution in [2.45, 2.75) is 97.5 Å². The molecule has 0 aromatic rings. The quantitative estimate of drug-likeness (QED) is 0.373. The third kappa shape index (κ3) is 7.48. The van der Waals surface area contributed by atoms with Crippen molar-refractivity contribution in [3.05, 3.63) is 0 Å². The molecule has 0 fully saturated rings. The SMILES string of the molecule is CCC[C@@H](CC=O)N(O[Si](C)(C)C(C)(C)C)C(=O)OC(C)(C)C. The van der Waals surface area contributed by atoms with Gasteiger partial charge in [0.05, 0.1) is 6.04 Å². The molecule has 0 saturated heterocycles. The van der Waals surface area contributed by atoms with Crippen molar-refractivity contribution in [1.29, 1.82) is 0 Å². The molecule has 1 amide bonds. The van der Waals surface area contributed by atoms with Crippen LogP contribution in [0.1, 0.15) is 67.7 Å². The van der Waals surface area contributed by atoms with E-state index in [-0.39, 0.29) is 17.5 Å². The second-order valence-electron chi connectivity index (χ2n) is 8.50. The minimum atomic E-state index is -2.22. The van der Waals surface area contributed by atoms with E-state index < -0.39 is 20.0 Å². The van der Waals surface area contributed by atoms with Gasteiger partial charge < -0.3 is 14.1 Å². The Morgan fingerprint density at radius 2 is 1.70 bits per heavy atom. The zero-order valence-electron chi connectivity index (χ0n) is 16.4. The Morgan fingerprint density at radius 1 is 1.17 bits per heavy atom. The molecule has 23 heavy (non-hydrogen) atoms. The fourth-order valence-corrected chi connectivity index (χ4v) is 2.71. The predicted octanol–water partition coefficient (Wildman–Crippen LogP) is 4.92. The van der Waals surface area contributed by atoms with E-state index in [0.29, 0.717) is 6.42 Å². The predicted molar refractivity (Wildman–Crippen MR) is 95.7 cm³/mol. The fraction of sp³-hybridized carbons (Fsp3) is 0.882. The Bertz CT molecular complexity index is 396. The summed E-state index contributed by atoms with van der Waals surface area (Å²) in [6.07, 6.45) is 2.14. The second kappa shape index (κ2) is 8.28. The number of hydrogen-bond acceptors (Lipinski definition) is 4. The minimum absolute atomic E-state index is 0.0504. The number of carbonyl (C=O) groups excluding carboxylic acids is 2. The molecule has 0 heterocycles. The Kier molecular flexibility index (Phi) is 7.97. The van der Waals surface area contributed by atoms with Crippen LogP contribution in [-0.2, 0) is 14.1 Å². The largest absolute Gasteiger partial charge is 0.442 e. The number of carbonyl (C=O) groups is 2. The summed E-state index contributed by atoms with van der Waals surface area (Å²) in [4.78, 5) is 23.7. The van der Waals surface area contributed by atoms with Crippen LogP contribution in [0.3, 0.4) is 0 Å². The van der Waals surface area contributed by atoms with Gasteiger partial charge in [-0.25, -0.2) is 4.79 Å². The molecule has 1 atom stereocenters. The van der Waals surface area contributed by atoms with Gasteiger partial charge in [-0.1, -0.05) is 34.1 Å². The highest BCUT2D eigenvalue weighted by Crippen LogP contribution is 2.38. The average Bonchev–Trinajstić information content (AvgIpc) is 2.32. The molecule has 0 radical (unpaired) electrons. The summed E-state index contributed by atoms with van der Waals surface area (Å²) in [7, 11) is -2.22. The van der Waals surface area contributed by atoms with E-state index in [2.05, 4.69) is 33.9 Å². The van der Waals surface area contributed by atoms with E-state index >= 15 is 0 Å².